The highest BCUT2D eigenvalue weighted by atomic mass is 32.1. The quantitative estimate of drug-likeness (QED) is 0.542. The van der Waals surface area contributed by atoms with Gasteiger partial charge in [-0.2, -0.15) is 9.61 Å². The van der Waals surface area contributed by atoms with Crippen LogP contribution in [0.1, 0.15) is 9.80 Å². The normalized spacial score (nSPS) is 10.4. The summed E-state index contributed by atoms with van der Waals surface area (Å²) in [6, 6.07) is 0. The van der Waals surface area contributed by atoms with Crippen LogP contribution in [0.5, 0.6) is 0 Å². The minimum absolute atomic E-state index is 0.421. The Morgan fingerprint density at radius 2 is 2.60 bits per heavy atom. The first-order valence-electron chi connectivity index (χ1n) is 2.52. The molecule has 2 aromatic heterocycles. The van der Waals surface area contributed by atoms with Crippen LogP contribution >= 0.6 is 11.3 Å². The van der Waals surface area contributed by atoms with Crippen molar-refractivity contribution >= 4 is 22.6 Å². The average molecular weight is 154 g/mol. The van der Waals surface area contributed by atoms with Crippen molar-refractivity contribution < 1.29 is 4.79 Å². The van der Waals surface area contributed by atoms with E-state index in [9.17, 15) is 4.79 Å². The molecule has 0 spiro atoms. The molecule has 2 aromatic rings. The number of carbonyl (C=O) groups is 1. The van der Waals surface area contributed by atoms with Crippen molar-refractivity contribution in [1.29, 1.82) is 0 Å². The second-order valence-corrected chi connectivity index (χ2v) is 2.60. The van der Waals surface area contributed by atoms with Gasteiger partial charge < -0.3 is 0 Å². The Bertz CT molecular complexity index is 335. The molecule has 0 unspecified atom stereocenters. The van der Waals surface area contributed by atoms with Crippen LogP contribution in [0.4, 0.5) is 0 Å². The monoisotopic (exact) mass is 154 g/mol. The largest absolute Gasteiger partial charge is 0.295 e. The van der Waals surface area contributed by atoms with Crippen molar-refractivity contribution in [3.8, 4) is 0 Å². The van der Waals surface area contributed by atoms with Crippen molar-refractivity contribution in [2.45, 2.75) is 0 Å². The zero-order chi connectivity index (χ0) is 6.97. The van der Waals surface area contributed by atoms with Gasteiger partial charge in [-0.1, -0.05) is 11.3 Å². The maximum absolute atomic E-state index is 10.2. The molecule has 0 aliphatic rings. The molecular weight excluding hydrogens is 152 g/mol. The zero-order valence-electron chi connectivity index (χ0n) is 4.76. The molecule has 0 N–H and O–H groups in total. The maximum atomic E-state index is 10.2. The minimum Gasteiger partial charge on any atom is -0.295 e. The Hall–Kier alpha value is -1.30. The molecule has 0 amide bonds. The Labute approximate surface area is 59.3 Å². The van der Waals surface area contributed by atoms with Gasteiger partial charge in [0.1, 0.15) is 6.33 Å². The fraction of sp³-hybridized carbons (Fsp3) is 0. The third-order valence-corrected chi connectivity index (χ3v) is 1.84. The van der Waals surface area contributed by atoms with Crippen LogP contribution in [0.15, 0.2) is 6.33 Å². The summed E-state index contributed by atoms with van der Waals surface area (Å²) in [5, 5.41) is 11.5. The summed E-state index contributed by atoms with van der Waals surface area (Å²) < 4.78 is 1.47. The summed E-state index contributed by atoms with van der Waals surface area (Å²) in [5.74, 6) is 0. The molecule has 0 radical (unpaired) electrons. The van der Waals surface area contributed by atoms with E-state index in [4.69, 9.17) is 0 Å². The van der Waals surface area contributed by atoms with Crippen LogP contribution in [0.25, 0.3) is 4.96 Å². The van der Waals surface area contributed by atoms with Crippen molar-refractivity contribution in [3.63, 3.8) is 0 Å². The smallest absolute Gasteiger partial charge is 0.234 e. The molecule has 2 heterocycles. The van der Waals surface area contributed by atoms with Gasteiger partial charge in [0.25, 0.3) is 0 Å². The van der Waals surface area contributed by atoms with Gasteiger partial charge in [-0.3, -0.25) is 4.79 Å². The zero-order valence-corrected chi connectivity index (χ0v) is 5.58. The van der Waals surface area contributed by atoms with Crippen LogP contribution in [0.3, 0.4) is 0 Å². The second kappa shape index (κ2) is 1.84. The van der Waals surface area contributed by atoms with E-state index in [-0.39, 0.29) is 0 Å². The van der Waals surface area contributed by atoms with Crippen LogP contribution in [-0.2, 0) is 0 Å². The first-order valence-corrected chi connectivity index (χ1v) is 3.34. The second-order valence-electron chi connectivity index (χ2n) is 1.62. The first kappa shape index (κ1) is 5.48. The molecule has 5 nitrogen and oxygen atoms in total. The van der Waals surface area contributed by atoms with Crippen LogP contribution in [0, 0.1) is 0 Å². The minimum atomic E-state index is 0.421. The highest BCUT2D eigenvalue weighted by Gasteiger charge is 2.01. The standard InChI is InChI=1S/C4H2N4OS/c9-1-3-7-8-2-5-6-4(8)10-3/h1-2H. The van der Waals surface area contributed by atoms with Crippen LogP contribution < -0.4 is 0 Å². The van der Waals surface area contributed by atoms with Crippen LogP contribution in [0.2, 0.25) is 0 Å². The fourth-order valence-corrected chi connectivity index (χ4v) is 1.26. The predicted molar refractivity (Wildman–Crippen MR) is 34.0 cm³/mol. The lowest BCUT2D eigenvalue weighted by atomic mass is 10.8. The van der Waals surface area contributed by atoms with E-state index in [0.717, 1.165) is 0 Å². The third-order valence-electron chi connectivity index (χ3n) is 1.00. The molecular formula is C4H2N4OS. The highest BCUT2D eigenvalue weighted by molar-refractivity contribution is 7.18. The molecule has 0 aliphatic carbocycles. The fourth-order valence-electron chi connectivity index (χ4n) is 0.623. The number of hydrogen-bond acceptors (Lipinski definition) is 5. The van der Waals surface area contributed by atoms with E-state index >= 15 is 0 Å². The van der Waals surface area contributed by atoms with Gasteiger partial charge in [0.2, 0.25) is 4.96 Å². The summed E-state index contributed by atoms with van der Waals surface area (Å²) >= 11 is 1.21. The van der Waals surface area contributed by atoms with Crippen molar-refractivity contribution in [3.05, 3.63) is 11.3 Å². The first-order chi connectivity index (χ1) is 4.90. The van der Waals surface area contributed by atoms with E-state index in [2.05, 4.69) is 15.3 Å². The molecule has 6 heteroatoms. The van der Waals surface area contributed by atoms with Gasteiger partial charge >= 0.3 is 0 Å². The predicted octanol–water partition coefficient (Wildman–Crippen LogP) is -0.00170. The molecule has 0 aliphatic heterocycles. The summed E-state index contributed by atoms with van der Waals surface area (Å²) in [6.45, 7) is 0. The number of carbonyl (C=O) groups excluding carboxylic acids is 1. The highest BCUT2D eigenvalue weighted by Crippen LogP contribution is 2.07. The molecule has 10 heavy (non-hydrogen) atoms. The lowest BCUT2D eigenvalue weighted by molar-refractivity contribution is 0.112. The third kappa shape index (κ3) is 0.623. The Balaban J connectivity index is 2.78. The molecule has 0 bridgehead atoms. The summed E-state index contributed by atoms with van der Waals surface area (Å²) in [7, 11) is 0. The van der Waals surface area contributed by atoms with Crippen molar-refractivity contribution in [2.24, 2.45) is 0 Å². The average Bonchev–Trinajstić information content (AvgIpc) is 2.42. The lowest BCUT2D eigenvalue weighted by Crippen LogP contribution is -1.82. The van der Waals surface area contributed by atoms with E-state index < -0.39 is 0 Å². The summed E-state index contributed by atoms with van der Waals surface area (Å²) in [5.41, 5.74) is 0. The molecule has 0 aromatic carbocycles. The summed E-state index contributed by atoms with van der Waals surface area (Å²) in [6.07, 6.45) is 2.15. The van der Waals surface area contributed by atoms with Gasteiger partial charge in [0.15, 0.2) is 11.3 Å². The molecule has 0 saturated carbocycles. The van der Waals surface area contributed by atoms with Gasteiger partial charge in [-0.15, -0.1) is 10.2 Å². The SMILES string of the molecule is O=Cc1nn2cnnc2s1. The number of aldehydes is 1. The molecule has 0 saturated heterocycles. The number of fused-ring (bicyclic) bond motifs is 1. The molecule has 0 atom stereocenters. The van der Waals surface area contributed by atoms with Gasteiger partial charge in [0, 0.05) is 0 Å². The number of aromatic nitrogens is 4. The Kier molecular flexibility index (Phi) is 1.01. The number of hydrogen-bond donors (Lipinski definition) is 0. The lowest BCUT2D eigenvalue weighted by Gasteiger charge is -1.70. The van der Waals surface area contributed by atoms with E-state index in [1.807, 2.05) is 0 Å². The molecule has 2 rings (SSSR count). The maximum Gasteiger partial charge on any atom is 0.234 e. The van der Waals surface area contributed by atoms with E-state index in [0.29, 0.717) is 16.3 Å². The van der Waals surface area contributed by atoms with Crippen molar-refractivity contribution in [1.82, 2.24) is 19.8 Å². The van der Waals surface area contributed by atoms with E-state index in [1.165, 1.54) is 22.2 Å². The van der Waals surface area contributed by atoms with E-state index in [1.54, 1.807) is 0 Å². The number of nitrogens with zero attached hydrogens (tertiary/aromatic N) is 4. The van der Waals surface area contributed by atoms with Crippen molar-refractivity contribution in [2.75, 3.05) is 0 Å². The Morgan fingerprint density at radius 1 is 1.70 bits per heavy atom. The molecule has 0 fully saturated rings. The Morgan fingerprint density at radius 3 is 3.30 bits per heavy atom. The molecule has 50 valence electrons. The van der Waals surface area contributed by atoms with Gasteiger partial charge in [-0.25, -0.2) is 0 Å². The van der Waals surface area contributed by atoms with Gasteiger partial charge in [0.05, 0.1) is 0 Å². The topological polar surface area (TPSA) is 60.2 Å². The summed E-state index contributed by atoms with van der Waals surface area (Å²) in [4.78, 5) is 10.8. The number of rotatable bonds is 1. The van der Waals surface area contributed by atoms with Gasteiger partial charge in [-0.05, 0) is 0 Å². The van der Waals surface area contributed by atoms with Crippen LogP contribution in [-0.4, -0.2) is 26.1 Å².